The Morgan fingerprint density at radius 2 is 1.81 bits per heavy atom. The number of hydrogen-bond donors (Lipinski definition) is 5. The van der Waals surface area contributed by atoms with Gasteiger partial charge in [0.25, 0.3) is 0 Å². The lowest BCUT2D eigenvalue weighted by atomic mass is 10.0. The van der Waals surface area contributed by atoms with Gasteiger partial charge in [0.1, 0.15) is 5.15 Å². The number of benzene rings is 2. The van der Waals surface area contributed by atoms with Crippen LogP contribution < -0.4 is 16.4 Å². The van der Waals surface area contributed by atoms with Gasteiger partial charge in [0, 0.05) is 32.5 Å². The maximum absolute atomic E-state index is 6.22. The van der Waals surface area contributed by atoms with Gasteiger partial charge in [-0.15, -0.1) is 0 Å². The number of H-pyrrole nitrogens is 1. The number of pyridine rings is 1. The van der Waals surface area contributed by atoms with Crippen LogP contribution in [0.1, 0.15) is 19.4 Å². The Kier molecular flexibility index (Phi) is 9.59. The molecular weight excluding hydrogens is 431 g/mol. The molecule has 0 saturated carbocycles. The Labute approximate surface area is 192 Å². The average molecular weight is 459 g/mol. The third kappa shape index (κ3) is 6.34. The van der Waals surface area contributed by atoms with Crippen LogP contribution in [0.4, 0.5) is 11.4 Å². The summed E-state index contributed by atoms with van der Waals surface area (Å²) in [6.07, 6.45) is 3.40. The molecule has 0 bridgehead atoms. The molecule has 0 saturated heterocycles. The monoisotopic (exact) mass is 458 g/mol. The van der Waals surface area contributed by atoms with Crippen molar-refractivity contribution in [3.05, 3.63) is 64.4 Å². The lowest BCUT2D eigenvalue weighted by molar-refractivity contribution is 0.794. The molecule has 0 aliphatic heterocycles. The largest absolute Gasteiger partial charge is 0.390 e. The highest BCUT2D eigenvalue weighted by molar-refractivity contribution is 6.32. The summed E-state index contributed by atoms with van der Waals surface area (Å²) in [4.78, 5) is 7.67. The lowest BCUT2D eigenvalue weighted by Crippen LogP contribution is -2.10. The van der Waals surface area contributed by atoms with Crippen LogP contribution in [0.15, 0.2) is 48.7 Å². The molecule has 0 aliphatic carbocycles. The molecule has 0 unspecified atom stereocenters. The summed E-state index contributed by atoms with van der Waals surface area (Å²) in [5.41, 5.74) is 9.77. The number of nitrogens with one attached hydrogen (secondary N) is 4. The van der Waals surface area contributed by atoms with E-state index in [-0.39, 0.29) is 0 Å². The number of halogens is 2. The normalized spacial score (nSPS) is 10.1. The van der Waals surface area contributed by atoms with E-state index in [0.29, 0.717) is 5.15 Å². The summed E-state index contributed by atoms with van der Waals surface area (Å²) >= 11 is 12.1. The number of likely N-dealkylation sites (N-methyl/N-ethyl adjacent to an activating group) is 1. The Morgan fingerprint density at radius 3 is 2.45 bits per heavy atom. The molecule has 4 aromatic rings. The number of rotatable bonds is 5. The van der Waals surface area contributed by atoms with Crippen molar-refractivity contribution in [1.29, 1.82) is 5.41 Å². The topological polar surface area (TPSA) is 103 Å². The maximum atomic E-state index is 6.22. The maximum Gasteiger partial charge on any atom is 0.129 e. The van der Waals surface area contributed by atoms with Gasteiger partial charge in [0.05, 0.1) is 18.2 Å². The smallest absolute Gasteiger partial charge is 0.129 e. The minimum atomic E-state index is 0.479. The van der Waals surface area contributed by atoms with Crippen molar-refractivity contribution in [1.82, 2.24) is 15.3 Å². The number of aromatic nitrogens is 2. The van der Waals surface area contributed by atoms with Crippen molar-refractivity contribution in [2.75, 3.05) is 18.9 Å². The first-order valence-electron chi connectivity index (χ1n) is 10.0. The van der Waals surface area contributed by atoms with E-state index in [1.165, 1.54) is 5.56 Å². The highest BCUT2D eigenvalue weighted by Crippen LogP contribution is 2.33. The third-order valence-electron chi connectivity index (χ3n) is 4.41. The van der Waals surface area contributed by atoms with Crippen molar-refractivity contribution in [2.24, 2.45) is 5.73 Å². The fourth-order valence-electron chi connectivity index (χ4n) is 3.19. The van der Waals surface area contributed by atoms with E-state index in [4.69, 9.17) is 28.6 Å². The zero-order chi connectivity index (χ0) is 22.8. The van der Waals surface area contributed by atoms with Crippen LogP contribution in [0, 0.1) is 5.41 Å². The van der Waals surface area contributed by atoms with Gasteiger partial charge >= 0.3 is 0 Å². The minimum Gasteiger partial charge on any atom is -0.390 e. The van der Waals surface area contributed by atoms with Crippen molar-refractivity contribution in [3.63, 3.8) is 0 Å². The predicted molar refractivity (Wildman–Crippen MR) is 135 cm³/mol. The van der Waals surface area contributed by atoms with Crippen molar-refractivity contribution < 1.29 is 0 Å². The molecule has 6 N–H and O–H groups in total. The summed E-state index contributed by atoms with van der Waals surface area (Å²) in [6, 6.07) is 13.9. The zero-order valence-electron chi connectivity index (χ0n) is 17.9. The third-order valence-corrected chi connectivity index (χ3v) is 4.87. The Hall–Kier alpha value is -2.80. The summed E-state index contributed by atoms with van der Waals surface area (Å²) in [6.45, 7) is 4.90. The van der Waals surface area contributed by atoms with Crippen LogP contribution in [0.3, 0.4) is 0 Å². The first-order valence-corrected chi connectivity index (χ1v) is 10.8. The van der Waals surface area contributed by atoms with E-state index in [2.05, 4.69) is 38.5 Å². The molecule has 0 aliphatic rings. The second-order valence-electron chi connectivity index (χ2n) is 6.39. The number of fused-ring (bicyclic) bond motifs is 3. The lowest BCUT2D eigenvalue weighted by Gasteiger charge is -2.10. The molecule has 0 radical (unpaired) electrons. The summed E-state index contributed by atoms with van der Waals surface area (Å²) in [5, 5.41) is 16.0. The number of nitrogens with zero attached hydrogens (tertiary/aromatic N) is 1. The zero-order valence-corrected chi connectivity index (χ0v) is 19.4. The fourth-order valence-corrected chi connectivity index (χ4v) is 3.47. The number of hydrogen-bond acceptors (Lipinski definition) is 4. The standard InChI is InChI=1S/C20H18Cl2N4.C2H6.CH4N2/c1-23-7-6-12-8-15(25-14-3-5-19(22)24-11-14)10-17-16-9-13(21)2-4-18(16)26-20(12)17;1-2;2-1-3/h2-5,8-11,23,25-26H,6-7H2,1H3;1-2H3;1H,(H3,2,3). The van der Waals surface area contributed by atoms with Crippen molar-refractivity contribution >= 4 is 62.7 Å². The van der Waals surface area contributed by atoms with Gasteiger partial charge in [0.15, 0.2) is 0 Å². The summed E-state index contributed by atoms with van der Waals surface area (Å²) in [7, 11) is 1.96. The molecule has 8 heteroatoms. The molecule has 2 aromatic heterocycles. The first kappa shape index (κ1) is 24.5. The van der Waals surface area contributed by atoms with Crippen LogP contribution >= 0.6 is 23.2 Å². The molecule has 0 spiro atoms. The van der Waals surface area contributed by atoms with Crippen LogP contribution in [0.5, 0.6) is 0 Å². The van der Waals surface area contributed by atoms with Crippen LogP contribution in [-0.4, -0.2) is 29.9 Å². The van der Waals surface area contributed by atoms with E-state index in [0.717, 1.165) is 57.5 Å². The van der Waals surface area contributed by atoms with Crippen LogP contribution in [0.25, 0.3) is 21.8 Å². The SMILES string of the molecule is CC.CNCCc1cc(Nc2ccc(Cl)nc2)cc2c1[nH]c1ccc(Cl)cc12.N=CN. The second kappa shape index (κ2) is 12.2. The molecule has 2 heterocycles. The van der Waals surface area contributed by atoms with Crippen LogP contribution in [0.2, 0.25) is 10.2 Å². The Bertz CT molecular complexity index is 1120. The molecule has 0 amide bonds. The molecule has 164 valence electrons. The summed E-state index contributed by atoms with van der Waals surface area (Å²) < 4.78 is 0. The molecule has 0 fully saturated rings. The molecule has 4 rings (SSSR count). The van der Waals surface area contributed by atoms with Gasteiger partial charge in [-0.2, -0.15) is 0 Å². The number of nitrogens with two attached hydrogens (primary N) is 1. The highest BCUT2D eigenvalue weighted by atomic mass is 35.5. The fraction of sp³-hybridized carbons (Fsp3) is 0.217. The van der Waals surface area contributed by atoms with Gasteiger partial charge in [0.2, 0.25) is 0 Å². The molecule has 6 nitrogen and oxygen atoms in total. The van der Waals surface area contributed by atoms with Gasteiger partial charge in [-0.1, -0.05) is 37.0 Å². The number of aromatic amines is 1. The average Bonchev–Trinajstić information content (AvgIpc) is 3.14. The van der Waals surface area contributed by atoms with E-state index in [1.54, 1.807) is 12.3 Å². The molecule has 31 heavy (non-hydrogen) atoms. The van der Waals surface area contributed by atoms with Gasteiger partial charge in [-0.05, 0) is 68.0 Å². The minimum absolute atomic E-state index is 0.479. The van der Waals surface area contributed by atoms with Crippen LogP contribution in [-0.2, 0) is 6.42 Å². The van der Waals surface area contributed by atoms with E-state index in [9.17, 15) is 0 Å². The van der Waals surface area contributed by atoms with E-state index in [1.807, 2.05) is 45.2 Å². The second-order valence-corrected chi connectivity index (χ2v) is 7.21. The predicted octanol–water partition coefficient (Wildman–Crippen LogP) is 6.11. The molecular formula is C23H28Cl2N6. The Morgan fingerprint density at radius 1 is 1.06 bits per heavy atom. The van der Waals surface area contributed by atoms with Crippen molar-refractivity contribution in [2.45, 2.75) is 20.3 Å². The summed E-state index contributed by atoms with van der Waals surface area (Å²) in [5.74, 6) is 0. The first-order chi connectivity index (χ1) is 15.0. The quantitative estimate of drug-likeness (QED) is 0.141. The van der Waals surface area contributed by atoms with Gasteiger partial charge in [-0.3, -0.25) is 5.41 Å². The van der Waals surface area contributed by atoms with E-state index < -0.39 is 0 Å². The number of anilines is 2. The van der Waals surface area contributed by atoms with E-state index >= 15 is 0 Å². The molecule has 0 atom stereocenters. The van der Waals surface area contributed by atoms with Gasteiger partial charge in [-0.25, -0.2) is 4.98 Å². The molecule has 2 aromatic carbocycles. The van der Waals surface area contributed by atoms with Gasteiger partial charge < -0.3 is 21.4 Å². The highest BCUT2D eigenvalue weighted by Gasteiger charge is 2.11. The Balaban J connectivity index is 0.000000630. The van der Waals surface area contributed by atoms with Crippen molar-refractivity contribution in [3.8, 4) is 0 Å².